The second-order valence-electron chi connectivity index (χ2n) is 5.26. The van der Waals surface area contributed by atoms with Gasteiger partial charge in [0.1, 0.15) is 0 Å². The Bertz CT molecular complexity index is 428. The molecule has 0 atom stereocenters. The van der Waals surface area contributed by atoms with Gasteiger partial charge in [-0.15, -0.1) is 0 Å². The van der Waals surface area contributed by atoms with Gasteiger partial charge in [-0.25, -0.2) is 0 Å². The third-order valence-corrected chi connectivity index (χ3v) is 4.65. The van der Waals surface area contributed by atoms with Crippen LogP contribution in [0.3, 0.4) is 0 Å². The number of benzene rings is 1. The number of hydrogen-bond donors (Lipinski definition) is 1. The Labute approximate surface area is 128 Å². The van der Waals surface area contributed by atoms with E-state index < -0.39 is 0 Å². The zero-order valence-electron chi connectivity index (χ0n) is 11.4. The summed E-state index contributed by atoms with van der Waals surface area (Å²) in [7, 11) is 0. The van der Waals surface area contributed by atoms with E-state index in [1.165, 1.54) is 25.9 Å². The first kappa shape index (κ1) is 14.8. The van der Waals surface area contributed by atoms with Crippen molar-refractivity contribution >= 4 is 28.5 Å². The number of rotatable bonds is 4. The number of nitrogens with one attached hydrogen (secondary N) is 1. The predicted molar refractivity (Wildman–Crippen MR) is 86.3 cm³/mol. The lowest BCUT2D eigenvalue weighted by Gasteiger charge is -2.30. The molecule has 0 radical (unpaired) electrons. The number of halogens is 1. The number of carbonyl (C=O) groups is 1. The number of amides is 1. The Balaban J connectivity index is 1.74. The smallest absolute Gasteiger partial charge is 0.252 e. The molecule has 1 aromatic carbocycles. The molecule has 3 nitrogen and oxygen atoms in total. The van der Waals surface area contributed by atoms with Gasteiger partial charge >= 0.3 is 0 Å². The fraction of sp³-hybridized carbons (Fsp3) is 0.533. The van der Waals surface area contributed by atoms with Crippen molar-refractivity contribution < 1.29 is 4.79 Å². The van der Waals surface area contributed by atoms with Crippen molar-refractivity contribution in [3.05, 3.63) is 33.4 Å². The summed E-state index contributed by atoms with van der Waals surface area (Å²) in [6, 6.07) is 7.69. The number of likely N-dealkylation sites (tertiary alicyclic amines) is 1. The summed E-state index contributed by atoms with van der Waals surface area (Å²) >= 11 is 2.20. The van der Waals surface area contributed by atoms with Crippen molar-refractivity contribution in [2.45, 2.75) is 19.8 Å². The Morgan fingerprint density at radius 2 is 2.05 bits per heavy atom. The highest BCUT2D eigenvalue weighted by Crippen LogP contribution is 2.15. The van der Waals surface area contributed by atoms with Gasteiger partial charge in [-0.3, -0.25) is 4.79 Å². The summed E-state index contributed by atoms with van der Waals surface area (Å²) in [5.41, 5.74) is 0.773. The predicted octanol–water partition coefficient (Wildman–Crippen LogP) is 2.75. The van der Waals surface area contributed by atoms with E-state index in [-0.39, 0.29) is 5.91 Å². The molecule has 1 amide bonds. The fourth-order valence-electron chi connectivity index (χ4n) is 2.35. The minimum absolute atomic E-state index is 0.0374. The summed E-state index contributed by atoms with van der Waals surface area (Å²) in [6.07, 6.45) is 2.56. The zero-order valence-corrected chi connectivity index (χ0v) is 13.5. The molecule has 1 fully saturated rings. The van der Waals surface area contributed by atoms with Gasteiger partial charge in [0, 0.05) is 16.7 Å². The largest absolute Gasteiger partial charge is 0.351 e. The Morgan fingerprint density at radius 1 is 1.37 bits per heavy atom. The highest BCUT2D eigenvalue weighted by Gasteiger charge is 2.15. The van der Waals surface area contributed by atoms with Crippen LogP contribution in [0.5, 0.6) is 0 Å². The molecule has 0 spiro atoms. The molecule has 1 saturated heterocycles. The van der Waals surface area contributed by atoms with Crippen LogP contribution >= 0.6 is 22.6 Å². The molecule has 0 aliphatic carbocycles. The minimum Gasteiger partial charge on any atom is -0.351 e. The Hall–Kier alpha value is -0.620. The average molecular weight is 372 g/mol. The van der Waals surface area contributed by atoms with Gasteiger partial charge in [0.25, 0.3) is 5.91 Å². The second kappa shape index (κ2) is 7.24. The molecule has 1 N–H and O–H groups in total. The first-order chi connectivity index (χ1) is 9.16. The highest BCUT2D eigenvalue weighted by molar-refractivity contribution is 14.1. The van der Waals surface area contributed by atoms with Gasteiger partial charge in [-0.1, -0.05) is 19.1 Å². The average Bonchev–Trinajstić information content (AvgIpc) is 2.41. The van der Waals surface area contributed by atoms with Crippen LogP contribution in [0.4, 0.5) is 0 Å². The van der Waals surface area contributed by atoms with Crippen LogP contribution in [-0.4, -0.2) is 37.0 Å². The molecule has 104 valence electrons. The second-order valence-corrected chi connectivity index (χ2v) is 6.42. The lowest BCUT2D eigenvalue weighted by atomic mass is 9.99. The molecule has 2 rings (SSSR count). The molecule has 1 aliphatic rings. The van der Waals surface area contributed by atoms with Crippen LogP contribution in [0.2, 0.25) is 0 Å². The van der Waals surface area contributed by atoms with Crippen molar-refractivity contribution in [2.24, 2.45) is 5.92 Å². The maximum atomic E-state index is 12.0. The Morgan fingerprint density at radius 3 is 2.74 bits per heavy atom. The van der Waals surface area contributed by atoms with Crippen LogP contribution in [0, 0.1) is 9.49 Å². The van der Waals surface area contributed by atoms with E-state index in [1.54, 1.807) is 0 Å². The maximum absolute atomic E-state index is 12.0. The van der Waals surface area contributed by atoms with E-state index in [1.807, 2.05) is 24.3 Å². The van der Waals surface area contributed by atoms with Gasteiger partial charge in [0.2, 0.25) is 0 Å². The molecule has 0 unspecified atom stereocenters. The van der Waals surface area contributed by atoms with Crippen molar-refractivity contribution in [1.29, 1.82) is 0 Å². The number of carbonyl (C=O) groups excluding carboxylic acids is 1. The summed E-state index contributed by atoms with van der Waals surface area (Å²) in [4.78, 5) is 14.5. The standard InChI is InChI=1S/C15H21IN2O/c1-12-6-9-18(10-7-12)11-8-17-15(19)13-4-2-3-5-14(13)16/h2-5,12H,6-11H2,1H3,(H,17,19). The summed E-state index contributed by atoms with van der Waals surface area (Å²) in [5.74, 6) is 0.895. The van der Waals surface area contributed by atoms with Crippen LogP contribution < -0.4 is 5.32 Å². The number of hydrogen-bond acceptors (Lipinski definition) is 2. The first-order valence-corrected chi connectivity index (χ1v) is 8.00. The topological polar surface area (TPSA) is 32.3 Å². The van der Waals surface area contributed by atoms with E-state index in [0.29, 0.717) is 0 Å². The van der Waals surface area contributed by atoms with E-state index in [9.17, 15) is 4.79 Å². The minimum atomic E-state index is 0.0374. The molecule has 1 heterocycles. The van der Waals surface area contributed by atoms with Crippen LogP contribution in [0.1, 0.15) is 30.1 Å². The fourth-order valence-corrected chi connectivity index (χ4v) is 2.99. The summed E-state index contributed by atoms with van der Waals surface area (Å²) < 4.78 is 1.00. The molecular weight excluding hydrogens is 351 g/mol. The quantitative estimate of drug-likeness (QED) is 0.825. The SMILES string of the molecule is CC1CCN(CCNC(=O)c2ccccc2I)CC1. The normalized spacial score (nSPS) is 17.4. The van der Waals surface area contributed by atoms with E-state index in [4.69, 9.17) is 0 Å². The molecule has 4 heteroatoms. The number of nitrogens with zero attached hydrogens (tertiary/aromatic N) is 1. The molecule has 1 aromatic rings. The summed E-state index contributed by atoms with van der Waals surface area (Å²) in [5, 5.41) is 3.01. The van der Waals surface area contributed by atoms with Crippen LogP contribution in [0.25, 0.3) is 0 Å². The molecule has 0 aromatic heterocycles. The maximum Gasteiger partial charge on any atom is 0.252 e. The molecular formula is C15H21IN2O. The van der Waals surface area contributed by atoms with E-state index in [0.717, 1.165) is 28.1 Å². The van der Waals surface area contributed by atoms with Crippen molar-refractivity contribution in [3.63, 3.8) is 0 Å². The van der Waals surface area contributed by atoms with Gasteiger partial charge in [-0.05, 0) is 66.6 Å². The third-order valence-electron chi connectivity index (χ3n) is 3.71. The lowest BCUT2D eigenvalue weighted by Crippen LogP contribution is -2.39. The number of piperidine rings is 1. The van der Waals surface area contributed by atoms with Gasteiger partial charge in [0.15, 0.2) is 0 Å². The van der Waals surface area contributed by atoms with Crippen LogP contribution in [0.15, 0.2) is 24.3 Å². The molecule has 0 saturated carbocycles. The van der Waals surface area contributed by atoms with Crippen molar-refractivity contribution in [3.8, 4) is 0 Å². The van der Waals surface area contributed by atoms with Crippen molar-refractivity contribution in [2.75, 3.05) is 26.2 Å². The monoisotopic (exact) mass is 372 g/mol. The molecule has 0 bridgehead atoms. The lowest BCUT2D eigenvalue weighted by molar-refractivity contribution is 0.0943. The van der Waals surface area contributed by atoms with Gasteiger partial charge in [-0.2, -0.15) is 0 Å². The van der Waals surface area contributed by atoms with Crippen molar-refractivity contribution in [1.82, 2.24) is 10.2 Å². The highest BCUT2D eigenvalue weighted by atomic mass is 127. The molecule has 1 aliphatic heterocycles. The zero-order chi connectivity index (χ0) is 13.7. The van der Waals surface area contributed by atoms with E-state index in [2.05, 4.69) is 39.7 Å². The van der Waals surface area contributed by atoms with E-state index >= 15 is 0 Å². The van der Waals surface area contributed by atoms with Crippen LogP contribution in [-0.2, 0) is 0 Å². The summed E-state index contributed by atoms with van der Waals surface area (Å²) in [6.45, 7) is 6.34. The first-order valence-electron chi connectivity index (χ1n) is 6.92. The van der Waals surface area contributed by atoms with Gasteiger partial charge < -0.3 is 10.2 Å². The Kier molecular flexibility index (Phi) is 5.63. The third kappa shape index (κ3) is 4.45. The van der Waals surface area contributed by atoms with Gasteiger partial charge in [0.05, 0.1) is 5.56 Å². The molecule has 19 heavy (non-hydrogen) atoms.